The number of nitrogens with two attached hydrogens (primary N) is 1. The summed E-state index contributed by atoms with van der Waals surface area (Å²) in [6.45, 7) is 6.90. The third-order valence-electron chi connectivity index (χ3n) is 3.36. The summed E-state index contributed by atoms with van der Waals surface area (Å²) < 4.78 is 5.37. The highest BCUT2D eigenvalue weighted by molar-refractivity contribution is 5.91. The van der Waals surface area contributed by atoms with Crippen LogP contribution in [0.2, 0.25) is 0 Å². The van der Waals surface area contributed by atoms with Gasteiger partial charge in [0.15, 0.2) is 0 Å². The van der Waals surface area contributed by atoms with Gasteiger partial charge in [-0.25, -0.2) is 4.79 Å². The van der Waals surface area contributed by atoms with Crippen LogP contribution in [-0.2, 0) is 12.0 Å². The van der Waals surface area contributed by atoms with E-state index in [0.717, 1.165) is 5.56 Å². The maximum Gasteiger partial charge on any atom is 0.343 e. The Morgan fingerprint density at radius 2 is 1.57 bits per heavy atom. The van der Waals surface area contributed by atoms with Crippen LogP contribution < -0.4 is 10.5 Å². The van der Waals surface area contributed by atoms with E-state index in [-0.39, 0.29) is 11.4 Å². The lowest BCUT2D eigenvalue weighted by Crippen LogP contribution is -2.12. The minimum absolute atomic E-state index is 0.0839. The maximum absolute atomic E-state index is 12.0. The number of benzene rings is 2. The molecular formula is C18H21NO2. The molecule has 2 aromatic rings. The molecule has 2 N–H and O–H groups in total. The summed E-state index contributed by atoms with van der Waals surface area (Å²) in [5, 5.41) is 0. The van der Waals surface area contributed by atoms with Crippen LogP contribution in [0.5, 0.6) is 5.75 Å². The number of carbonyl (C=O) groups excluding carboxylic acids is 1. The van der Waals surface area contributed by atoms with E-state index < -0.39 is 0 Å². The zero-order valence-corrected chi connectivity index (χ0v) is 12.7. The largest absolute Gasteiger partial charge is 0.423 e. The Labute approximate surface area is 125 Å². The molecule has 0 amide bonds. The first-order valence-corrected chi connectivity index (χ1v) is 7.02. The van der Waals surface area contributed by atoms with Gasteiger partial charge in [-0.15, -0.1) is 0 Å². The molecule has 0 aliphatic rings. The van der Waals surface area contributed by atoms with E-state index in [9.17, 15) is 4.79 Å². The summed E-state index contributed by atoms with van der Waals surface area (Å²) >= 11 is 0. The van der Waals surface area contributed by atoms with Crippen LogP contribution in [0.1, 0.15) is 42.3 Å². The molecule has 0 fully saturated rings. The molecule has 0 aromatic heterocycles. The summed E-state index contributed by atoms with van der Waals surface area (Å²) in [4.78, 5) is 12.0. The first kappa shape index (κ1) is 15.3. The van der Waals surface area contributed by atoms with Gasteiger partial charge in [0.05, 0.1) is 5.56 Å². The van der Waals surface area contributed by atoms with Gasteiger partial charge in [0.2, 0.25) is 0 Å². The molecule has 0 aliphatic heterocycles. The molecule has 0 unspecified atom stereocenters. The van der Waals surface area contributed by atoms with Crippen molar-refractivity contribution >= 4 is 5.97 Å². The van der Waals surface area contributed by atoms with Gasteiger partial charge in [-0.1, -0.05) is 45.0 Å². The van der Waals surface area contributed by atoms with Gasteiger partial charge in [0.25, 0.3) is 0 Å². The van der Waals surface area contributed by atoms with Crippen LogP contribution in [0.3, 0.4) is 0 Å². The van der Waals surface area contributed by atoms with E-state index in [1.807, 2.05) is 36.4 Å². The minimum Gasteiger partial charge on any atom is -0.423 e. The molecule has 0 radical (unpaired) electrons. The number of hydrogen-bond acceptors (Lipinski definition) is 3. The first-order valence-electron chi connectivity index (χ1n) is 7.02. The van der Waals surface area contributed by atoms with Gasteiger partial charge in [0.1, 0.15) is 5.75 Å². The van der Waals surface area contributed by atoms with Gasteiger partial charge in [-0.2, -0.15) is 0 Å². The van der Waals surface area contributed by atoms with Crippen LogP contribution in [-0.4, -0.2) is 5.97 Å². The van der Waals surface area contributed by atoms with Crippen LogP contribution in [0.4, 0.5) is 0 Å². The molecule has 0 saturated carbocycles. The quantitative estimate of drug-likeness (QED) is 0.691. The molecular weight excluding hydrogens is 262 g/mol. The molecule has 2 aromatic carbocycles. The van der Waals surface area contributed by atoms with E-state index in [2.05, 4.69) is 20.8 Å². The average molecular weight is 283 g/mol. The Morgan fingerprint density at radius 3 is 2.05 bits per heavy atom. The maximum atomic E-state index is 12.0. The van der Waals surface area contributed by atoms with Gasteiger partial charge >= 0.3 is 5.97 Å². The lowest BCUT2D eigenvalue weighted by molar-refractivity contribution is 0.0734. The Bertz CT molecular complexity index is 607. The third kappa shape index (κ3) is 3.92. The molecule has 3 heteroatoms. The summed E-state index contributed by atoms with van der Waals surface area (Å²) in [5.41, 5.74) is 8.33. The summed E-state index contributed by atoms with van der Waals surface area (Å²) in [6.07, 6.45) is 0. The second-order valence-electron chi connectivity index (χ2n) is 6.06. The second kappa shape index (κ2) is 6.10. The van der Waals surface area contributed by atoms with Crippen molar-refractivity contribution in [3.63, 3.8) is 0 Å². The lowest BCUT2D eigenvalue weighted by Gasteiger charge is -2.19. The van der Waals surface area contributed by atoms with Crippen LogP contribution in [0.15, 0.2) is 48.5 Å². The van der Waals surface area contributed by atoms with E-state index in [1.165, 1.54) is 5.56 Å². The van der Waals surface area contributed by atoms with Crippen molar-refractivity contribution in [1.82, 2.24) is 0 Å². The fraction of sp³-hybridized carbons (Fsp3) is 0.278. The molecule has 0 saturated heterocycles. The van der Waals surface area contributed by atoms with E-state index in [4.69, 9.17) is 10.5 Å². The van der Waals surface area contributed by atoms with E-state index in [0.29, 0.717) is 17.9 Å². The van der Waals surface area contributed by atoms with Crippen LogP contribution in [0.25, 0.3) is 0 Å². The van der Waals surface area contributed by atoms with Gasteiger partial charge in [0, 0.05) is 6.54 Å². The minimum atomic E-state index is -0.359. The fourth-order valence-electron chi connectivity index (χ4n) is 1.97. The Balaban J connectivity index is 2.08. The number of esters is 1. The Kier molecular flexibility index (Phi) is 4.43. The van der Waals surface area contributed by atoms with Crippen molar-refractivity contribution in [3.05, 3.63) is 65.2 Å². The standard InChI is InChI=1S/C18H21NO2/c1-18(2,3)15-8-10-16(11-9-15)21-17(20)14-6-4-13(12-19)5-7-14/h4-11H,12,19H2,1-3H3. The zero-order valence-electron chi connectivity index (χ0n) is 12.7. The molecule has 21 heavy (non-hydrogen) atoms. The summed E-state index contributed by atoms with van der Waals surface area (Å²) in [6, 6.07) is 14.8. The van der Waals surface area contributed by atoms with Crippen molar-refractivity contribution in [3.8, 4) is 5.75 Å². The van der Waals surface area contributed by atoms with Gasteiger partial charge in [-0.3, -0.25) is 0 Å². The molecule has 0 aliphatic carbocycles. The smallest absolute Gasteiger partial charge is 0.343 e. The zero-order chi connectivity index (χ0) is 15.5. The monoisotopic (exact) mass is 283 g/mol. The molecule has 0 spiro atoms. The SMILES string of the molecule is CC(C)(C)c1ccc(OC(=O)c2ccc(CN)cc2)cc1. The Hall–Kier alpha value is -2.13. The summed E-state index contributed by atoms with van der Waals surface area (Å²) in [5.74, 6) is 0.193. The van der Waals surface area contributed by atoms with Crippen LogP contribution >= 0.6 is 0 Å². The highest BCUT2D eigenvalue weighted by Crippen LogP contribution is 2.24. The van der Waals surface area contributed by atoms with Crippen molar-refractivity contribution in [1.29, 1.82) is 0 Å². The highest BCUT2D eigenvalue weighted by atomic mass is 16.5. The average Bonchev–Trinajstić information content (AvgIpc) is 2.47. The molecule has 0 atom stereocenters. The molecule has 0 bridgehead atoms. The number of hydrogen-bond donors (Lipinski definition) is 1. The number of carbonyl (C=O) groups is 1. The topological polar surface area (TPSA) is 52.3 Å². The van der Waals surface area contributed by atoms with E-state index >= 15 is 0 Å². The van der Waals surface area contributed by atoms with Gasteiger partial charge in [-0.05, 0) is 40.8 Å². The molecule has 110 valence electrons. The number of rotatable bonds is 3. The Morgan fingerprint density at radius 1 is 1.00 bits per heavy atom. The van der Waals surface area contributed by atoms with Crippen molar-refractivity contribution in [2.45, 2.75) is 32.7 Å². The molecule has 0 heterocycles. The normalized spacial score (nSPS) is 11.2. The lowest BCUT2D eigenvalue weighted by atomic mass is 9.87. The predicted molar refractivity (Wildman–Crippen MR) is 84.4 cm³/mol. The number of ether oxygens (including phenoxy) is 1. The van der Waals surface area contributed by atoms with Crippen molar-refractivity contribution in [2.75, 3.05) is 0 Å². The van der Waals surface area contributed by atoms with Crippen molar-refractivity contribution in [2.24, 2.45) is 5.73 Å². The van der Waals surface area contributed by atoms with E-state index in [1.54, 1.807) is 12.1 Å². The van der Waals surface area contributed by atoms with Crippen LogP contribution in [0, 0.1) is 0 Å². The predicted octanol–water partition coefficient (Wildman–Crippen LogP) is 3.66. The molecule has 2 rings (SSSR count). The third-order valence-corrected chi connectivity index (χ3v) is 3.36. The fourth-order valence-corrected chi connectivity index (χ4v) is 1.97. The summed E-state index contributed by atoms with van der Waals surface area (Å²) in [7, 11) is 0. The highest BCUT2D eigenvalue weighted by Gasteiger charge is 2.14. The second-order valence-corrected chi connectivity index (χ2v) is 6.06. The first-order chi connectivity index (χ1) is 9.90. The van der Waals surface area contributed by atoms with Gasteiger partial charge < -0.3 is 10.5 Å². The molecule has 3 nitrogen and oxygen atoms in total. The van der Waals surface area contributed by atoms with Crippen molar-refractivity contribution < 1.29 is 9.53 Å².